The second-order valence-electron chi connectivity index (χ2n) is 8.81. The number of allylic oxidation sites excluding steroid dienone is 2. The van der Waals surface area contributed by atoms with E-state index in [9.17, 15) is 14.4 Å². The van der Waals surface area contributed by atoms with Crippen molar-refractivity contribution < 1.29 is 14.4 Å². The van der Waals surface area contributed by atoms with Crippen molar-refractivity contribution in [1.82, 2.24) is 15.1 Å². The highest BCUT2D eigenvalue weighted by atomic mass is 16.2. The summed E-state index contributed by atoms with van der Waals surface area (Å²) in [6.45, 7) is 1.85. The SMILES string of the molecule is C[C@]1(C(=O)N(CC(=O)NC2CCCC2)C2CCCC2)CC(=O)N=C2C=CC=CN21. The summed E-state index contributed by atoms with van der Waals surface area (Å²) in [5.74, 6) is -0.0623. The summed E-state index contributed by atoms with van der Waals surface area (Å²) < 4.78 is 0. The maximum absolute atomic E-state index is 13.8. The minimum absolute atomic E-state index is 0.0149. The van der Waals surface area contributed by atoms with Crippen molar-refractivity contribution in [2.75, 3.05) is 6.54 Å². The van der Waals surface area contributed by atoms with Crippen LogP contribution in [-0.4, -0.2) is 57.5 Å². The lowest BCUT2D eigenvalue weighted by Crippen LogP contribution is -2.63. The molecule has 1 atom stereocenters. The van der Waals surface area contributed by atoms with E-state index < -0.39 is 5.54 Å². The van der Waals surface area contributed by atoms with Crippen LogP contribution in [0.2, 0.25) is 0 Å². The van der Waals surface area contributed by atoms with Crippen LogP contribution in [0.3, 0.4) is 0 Å². The second-order valence-corrected chi connectivity index (χ2v) is 8.81. The Kier molecular flexibility index (Phi) is 5.56. The summed E-state index contributed by atoms with van der Waals surface area (Å²) in [6.07, 6.45) is 15.5. The molecule has 0 spiro atoms. The third-order valence-corrected chi connectivity index (χ3v) is 6.63. The van der Waals surface area contributed by atoms with E-state index >= 15 is 0 Å². The van der Waals surface area contributed by atoms with Gasteiger partial charge in [0.1, 0.15) is 11.4 Å². The number of rotatable bonds is 5. The summed E-state index contributed by atoms with van der Waals surface area (Å²) in [5.41, 5.74) is -1.06. The molecule has 0 aromatic carbocycles. The fourth-order valence-electron chi connectivity index (χ4n) is 5.06. The van der Waals surface area contributed by atoms with E-state index in [1.807, 2.05) is 12.2 Å². The Balaban J connectivity index is 1.56. The van der Waals surface area contributed by atoms with Crippen molar-refractivity contribution in [2.45, 2.75) is 82.3 Å². The Labute approximate surface area is 171 Å². The van der Waals surface area contributed by atoms with Crippen LogP contribution < -0.4 is 5.32 Å². The molecular formula is C22H30N4O3. The predicted octanol–water partition coefficient (Wildman–Crippen LogP) is 2.29. The molecule has 2 saturated carbocycles. The fraction of sp³-hybridized carbons (Fsp3) is 0.636. The van der Waals surface area contributed by atoms with Crippen LogP contribution in [0.15, 0.2) is 29.4 Å². The Morgan fingerprint density at radius 2 is 1.86 bits per heavy atom. The third kappa shape index (κ3) is 4.00. The predicted molar refractivity (Wildman–Crippen MR) is 110 cm³/mol. The number of carbonyl (C=O) groups is 3. The average molecular weight is 399 g/mol. The summed E-state index contributed by atoms with van der Waals surface area (Å²) in [7, 11) is 0. The van der Waals surface area contributed by atoms with Gasteiger partial charge in [0.15, 0.2) is 0 Å². The molecule has 2 heterocycles. The second kappa shape index (κ2) is 8.13. The van der Waals surface area contributed by atoms with Gasteiger partial charge in [0.2, 0.25) is 11.8 Å². The molecule has 7 heteroatoms. The molecule has 7 nitrogen and oxygen atoms in total. The van der Waals surface area contributed by atoms with Gasteiger partial charge in [-0.15, -0.1) is 0 Å². The van der Waals surface area contributed by atoms with Crippen molar-refractivity contribution in [1.29, 1.82) is 0 Å². The van der Waals surface area contributed by atoms with Crippen molar-refractivity contribution >= 4 is 23.6 Å². The number of nitrogens with zero attached hydrogens (tertiary/aromatic N) is 3. The Morgan fingerprint density at radius 3 is 2.59 bits per heavy atom. The van der Waals surface area contributed by atoms with Crippen molar-refractivity contribution in [2.24, 2.45) is 4.99 Å². The summed E-state index contributed by atoms with van der Waals surface area (Å²) >= 11 is 0. The standard InChI is InChI=1S/C22H30N4O3/c1-22(14-19(27)24-18-12-6-7-13-26(18)22)21(29)25(17-10-4-5-11-17)15-20(28)23-16-8-2-3-9-16/h6-7,12-13,16-17H,2-5,8-11,14-15H2,1H3,(H,23,28)/t22-/m1/s1. The summed E-state index contributed by atoms with van der Waals surface area (Å²) in [6, 6.07) is 0.277. The zero-order valence-electron chi connectivity index (χ0n) is 17.1. The van der Waals surface area contributed by atoms with E-state index in [1.54, 1.807) is 29.0 Å². The molecule has 0 unspecified atom stereocenters. The molecular weight excluding hydrogens is 368 g/mol. The number of nitrogens with one attached hydrogen (secondary N) is 1. The van der Waals surface area contributed by atoms with Gasteiger partial charge < -0.3 is 15.1 Å². The van der Waals surface area contributed by atoms with Crippen LogP contribution >= 0.6 is 0 Å². The van der Waals surface area contributed by atoms with Gasteiger partial charge in [-0.25, -0.2) is 0 Å². The molecule has 156 valence electrons. The quantitative estimate of drug-likeness (QED) is 0.770. The maximum atomic E-state index is 13.8. The Morgan fingerprint density at radius 1 is 1.17 bits per heavy atom. The number of amidine groups is 1. The van der Waals surface area contributed by atoms with E-state index in [1.165, 1.54) is 0 Å². The van der Waals surface area contributed by atoms with Crippen LogP contribution in [0.4, 0.5) is 0 Å². The van der Waals surface area contributed by atoms with Gasteiger partial charge in [-0.1, -0.05) is 31.8 Å². The van der Waals surface area contributed by atoms with E-state index in [2.05, 4.69) is 10.3 Å². The first-order valence-corrected chi connectivity index (χ1v) is 10.8. The largest absolute Gasteiger partial charge is 0.352 e. The fourth-order valence-corrected chi connectivity index (χ4v) is 5.06. The number of carbonyl (C=O) groups excluding carboxylic acids is 3. The smallest absolute Gasteiger partial charge is 0.250 e. The van der Waals surface area contributed by atoms with Gasteiger partial charge in [0.25, 0.3) is 5.91 Å². The maximum Gasteiger partial charge on any atom is 0.250 e. The van der Waals surface area contributed by atoms with E-state index in [0.717, 1.165) is 51.4 Å². The van der Waals surface area contributed by atoms with E-state index in [0.29, 0.717) is 5.84 Å². The number of hydrogen-bond acceptors (Lipinski definition) is 4. The first-order valence-electron chi connectivity index (χ1n) is 10.8. The van der Waals surface area contributed by atoms with Crippen molar-refractivity contribution in [3.8, 4) is 0 Å². The van der Waals surface area contributed by atoms with E-state index in [-0.39, 0.29) is 42.8 Å². The summed E-state index contributed by atoms with van der Waals surface area (Å²) in [4.78, 5) is 46.5. The normalized spacial score (nSPS) is 27.1. The summed E-state index contributed by atoms with van der Waals surface area (Å²) in [5, 5.41) is 3.11. The van der Waals surface area contributed by atoms with Gasteiger partial charge in [-0.2, -0.15) is 4.99 Å². The first-order chi connectivity index (χ1) is 14.0. The van der Waals surface area contributed by atoms with Gasteiger partial charge in [0, 0.05) is 18.3 Å². The topological polar surface area (TPSA) is 82.1 Å². The minimum Gasteiger partial charge on any atom is -0.352 e. The number of hydrogen-bond donors (Lipinski definition) is 1. The van der Waals surface area contributed by atoms with Crippen molar-refractivity contribution in [3.05, 3.63) is 24.4 Å². The first kappa shape index (κ1) is 19.9. The van der Waals surface area contributed by atoms with Crippen LogP contribution in [0.25, 0.3) is 0 Å². The highest BCUT2D eigenvalue weighted by molar-refractivity contribution is 6.09. The lowest BCUT2D eigenvalue weighted by Gasteiger charge is -2.45. The van der Waals surface area contributed by atoms with Crippen molar-refractivity contribution in [3.63, 3.8) is 0 Å². The van der Waals surface area contributed by atoms with E-state index in [4.69, 9.17) is 0 Å². The molecule has 0 radical (unpaired) electrons. The molecule has 3 amide bonds. The minimum atomic E-state index is -1.06. The Hall–Kier alpha value is -2.44. The van der Waals surface area contributed by atoms with Gasteiger partial charge in [0.05, 0.1) is 13.0 Å². The van der Waals surface area contributed by atoms with Crippen LogP contribution in [0.1, 0.15) is 64.7 Å². The van der Waals surface area contributed by atoms with Crippen LogP contribution in [-0.2, 0) is 14.4 Å². The zero-order valence-corrected chi connectivity index (χ0v) is 17.1. The number of aliphatic imine (C=N–C) groups is 1. The van der Waals surface area contributed by atoms with Gasteiger partial charge >= 0.3 is 0 Å². The van der Waals surface area contributed by atoms with Gasteiger partial charge in [-0.05, 0) is 44.8 Å². The lowest BCUT2D eigenvalue weighted by molar-refractivity contribution is -0.148. The Bertz CT molecular complexity index is 775. The van der Waals surface area contributed by atoms with Crippen LogP contribution in [0.5, 0.6) is 0 Å². The molecule has 0 bridgehead atoms. The molecule has 4 rings (SSSR count). The lowest BCUT2D eigenvalue weighted by atomic mass is 9.89. The molecule has 2 aliphatic heterocycles. The molecule has 1 N–H and O–H groups in total. The van der Waals surface area contributed by atoms with Gasteiger partial charge in [-0.3, -0.25) is 14.4 Å². The molecule has 0 aromatic heterocycles. The molecule has 2 fully saturated rings. The monoisotopic (exact) mass is 398 g/mol. The highest BCUT2D eigenvalue weighted by Gasteiger charge is 2.48. The van der Waals surface area contributed by atoms with Crippen LogP contribution in [0, 0.1) is 0 Å². The zero-order chi connectivity index (χ0) is 20.4. The molecule has 29 heavy (non-hydrogen) atoms. The number of fused-ring (bicyclic) bond motifs is 1. The molecule has 4 aliphatic rings. The number of amides is 3. The molecule has 0 aromatic rings. The molecule has 0 saturated heterocycles. The molecule has 2 aliphatic carbocycles. The third-order valence-electron chi connectivity index (χ3n) is 6.63. The highest BCUT2D eigenvalue weighted by Crippen LogP contribution is 2.33. The average Bonchev–Trinajstić information content (AvgIpc) is 3.39.